The Kier molecular flexibility index (Phi) is 5.27. The number of benzene rings is 2. The van der Waals surface area contributed by atoms with E-state index >= 15 is 0 Å². The summed E-state index contributed by atoms with van der Waals surface area (Å²) in [5, 5.41) is 0. The van der Waals surface area contributed by atoms with E-state index in [2.05, 4.69) is 0 Å². The highest BCUT2D eigenvalue weighted by Crippen LogP contribution is 2.58. The standard InChI is InChI=1S/C21H26NO4P/c22-18-14-17-8-7-13-21(15-17,16-18)26-27(23,24-19-9-3-1-4-10-19)25-20-11-5-2-6-12-20/h1-6,9-12,17-18H,7-8,13-16,22H2/t17-,18?,21-/m1/s1. The Morgan fingerprint density at radius 1 is 0.926 bits per heavy atom. The van der Waals surface area contributed by atoms with Crippen LogP contribution in [0.5, 0.6) is 11.5 Å². The van der Waals surface area contributed by atoms with Crippen LogP contribution in [0.15, 0.2) is 60.7 Å². The normalized spacial score (nSPS) is 27.7. The number of para-hydroxylation sites is 2. The monoisotopic (exact) mass is 387 g/mol. The summed E-state index contributed by atoms with van der Waals surface area (Å²) in [5.41, 5.74) is 5.74. The molecule has 3 atom stereocenters. The SMILES string of the molecule is NC1C[C@H]2CCC[C@](OP(=O)(Oc3ccccc3)Oc3ccccc3)(C1)C2. The van der Waals surface area contributed by atoms with Crippen LogP contribution in [-0.4, -0.2) is 11.6 Å². The molecule has 27 heavy (non-hydrogen) atoms. The van der Waals surface area contributed by atoms with Gasteiger partial charge in [0.1, 0.15) is 11.5 Å². The Hall–Kier alpha value is -1.81. The maximum atomic E-state index is 13.7. The lowest BCUT2D eigenvalue weighted by atomic mass is 9.68. The van der Waals surface area contributed by atoms with Gasteiger partial charge in [0, 0.05) is 6.04 Å². The molecule has 1 unspecified atom stereocenters. The van der Waals surface area contributed by atoms with Crippen LogP contribution in [0.1, 0.15) is 38.5 Å². The summed E-state index contributed by atoms with van der Waals surface area (Å²) in [6, 6.07) is 18.1. The van der Waals surface area contributed by atoms with E-state index in [4.69, 9.17) is 19.3 Å². The van der Waals surface area contributed by atoms with E-state index in [1.165, 1.54) is 0 Å². The van der Waals surface area contributed by atoms with E-state index in [0.717, 1.165) is 32.1 Å². The molecule has 2 aromatic rings. The maximum absolute atomic E-state index is 13.7. The summed E-state index contributed by atoms with van der Waals surface area (Å²) in [6.45, 7) is 0. The van der Waals surface area contributed by atoms with E-state index in [0.29, 0.717) is 23.8 Å². The van der Waals surface area contributed by atoms with Crippen molar-refractivity contribution in [1.82, 2.24) is 0 Å². The molecule has 0 aromatic heterocycles. The molecule has 144 valence electrons. The fraction of sp³-hybridized carbons (Fsp3) is 0.429. The zero-order valence-electron chi connectivity index (χ0n) is 15.3. The molecule has 2 aromatic carbocycles. The van der Waals surface area contributed by atoms with Crippen LogP contribution < -0.4 is 14.8 Å². The van der Waals surface area contributed by atoms with Crippen LogP contribution in [0.3, 0.4) is 0 Å². The zero-order chi connectivity index (χ0) is 18.7. The number of hydrogen-bond donors (Lipinski definition) is 1. The summed E-state index contributed by atoms with van der Waals surface area (Å²) >= 11 is 0. The number of hydrogen-bond acceptors (Lipinski definition) is 5. The number of rotatable bonds is 6. The Morgan fingerprint density at radius 2 is 1.52 bits per heavy atom. The molecule has 2 aliphatic rings. The highest BCUT2D eigenvalue weighted by molar-refractivity contribution is 7.49. The molecule has 0 heterocycles. The first kappa shape index (κ1) is 18.5. The Morgan fingerprint density at radius 3 is 2.11 bits per heavy atom. The fourth-order valence-electron chi connectivity index (χ4n) is 4.45. The lowest BCUT2D eigenvalue weighted by Gasteiger charge is -2.47. The first-order valence-electron chi connectivity index (χ1n) is 9.60. The highest BCUT2D eigenvalue weighted by atomic mass is 31.2. The molecule has 0 spiro atoms. The van der Waals surface area contributed by atoms with Gasteiger partial charge in [-0.15, -0.1) is 0 Å². The molecule has 2 saturated carbocycles. The average molecular weight is 387 g/mol. The Balaban J connectivity index is 1.62. The van der Waals surface area contributed by atoms with Crippen molar-refractivity contribution in [2.75, 3.05) is 0 Å². The van der Waals surface area contributed by atoms with Crippen molar-refractivity contribution in [2.45, 2.75) is 50.2 Å². The van der Waals surface area contributed by atoms with Crippen molar-refractivity contribution >= 4 is 7.82 Å². The molecule has 6 heteroatoms. The van der Waals surface area contributed by atoms with Crippen LogP contribution in [0.25, 0.3) is 0 Å². The third-order valence-corrected chi connectivity index (χ3v) is 6.88. The summed E-state index contributed by atoms with van der Waals surface area (Å²) in [4.78, 5) is 0. The molecule has 2 bridgehead atoms. The molecule has 0 aliphatic heterocycles. The molecule has 2 N–H and O–H groups in total. The van der Waals surface area contributed by atoms with Crippen molar-refractivity contribution in [3.8, 4) is 11.5 Å². The van der Waals surface area contributed by atoms with Gasteiger partial charge in [0.05, 0.1) is 5.60 Å². The molecular formula is C21H26NO4P. The van der Waals surface area contributed by atoms with Gasteiger partial charge in [0.2, 0.25) is 0 Å². The lowest BCUT2D eigenvalue weighted by Crippen LogP contribution is -2.48. The van der Waals surface area contributed by atoms with Gasteiger partial charge in [-0.25, -0.2) is 4.57 Å². The first-order valence-corrected chi connectivity index (χ1v) is 11.1. The predicted molar refractivity (Wildman–Crippen MR) is 105 cm³/mol. The minimum absolute atomic E-state index is 0.0611. The van der Waals surface area contributed by atoms with Crippen molar-refractivity contribution in [1.29, 1.82) is 0 Å². The second kappa shape index (κ2) is 7.67. The summed E-state index contributed by atoms with van der Waals surface area (Å²) in [6.07, 6.45) is 5.59. The highest BCUT2D eigenvalue weighted by Gasteiger charge is 2.49. The number of phosphoric acid groups is 1. The number of phosphoric ester groups is 1. The summed E-state index contributed by atoms with van der Waals surface area (Å²) < 4.78 is 31.6. The maximum Gasteiger partial charge on any atom is 0.588 e. The van der Waals surface area contributed by atoms with Gasteiger partial charge in [-0.05, 0) is 55.9 Å². The molecule has 4 rings (SSSR count). The quantitative estimate of drug-likeness (QED) is 0.680. The summed E-state index contributed by atoms with van der Waals surface area (Å²) in [7, 11) is -3.89. The lowest BCUT2D eigenvalue weighted by molar-refractivity contribution is -0.0460. The van der Waals surface area contributed by atoms with Gasteiger partial charge >= 0.3 is 7.82 Å². The first-order chi connectivity index (χ1) is 13.0. The number of fused-ring (bicyclic) bond motifs is 2. The molecule has 0 amide bonds. The van der Waals surface area contributed by atoms with Gasteiger partial charge in [-0.2, -0.15) is 0 Å². The number of nitrogens with two attached hydrogens (primary N) is 1. The van der Waals surface area contributed by atoms with Crippen molar-refractivity contribution in [3.63, 3.8) is 0 Å². The minimum Gasteiger partial charge on any atom is -0.395 e. The second-order valence-corrected chi connectivity index (χ2v) is 9.13. The molecule has 2 aliphatic carbocycles. The smallest absolute Gasteiger partial charge is 0.395 e. The third-order valence-electron chi connectivity index (χ3n) is 5.40. The average Bonchev–Trinajstić information content (AvgIpc) is 2.62. The molecule has 0 radical (unpaired) electrons. The Labute approximate surface area is 160 Å². The van der Waals surface area contributed by atoms with E-state index in [1.54, 1.807) is 24.3 Å². The van der Waals surface area contributed by atoms with E-state index in [9.17, 15) is 4.57 Å². The van der Waals surface area contributed by atoms with Crippen molar-refractivity contribution < 1.29 is 18.1 Å². The predicted octanol–water partition coefficient (Wildman–Crippen LogP) is 5.32. The van der Waals surface area contributed by atoms with Crippen LogP contribution in [0.4, 0.5) is 0 Å². The van der Waals surface area contributed by atoms with E-state index in [1.807, 2.05) is 36.4 Å². The molecule has 2 fully saturated rings. The summed E-state index contributed by atoms with van der Waals surface area (Å²) in [5.74, 6) is 1.44. The third kappa shape index (κ3) is 4.55. The topological polar surface area (TPSA) is 70.8 Å². The van der Waals surface area contributed by atoms with Gasteiger partial charge < -0.3 is 14.8 Å². The Bertz CT molecular complexity index is 751. The van der Waals surface area contributed by atoms with Crippen LogP contribution in [0.2, 0.25) is 0 Å². The van der Waals surface area contributed by atoms with Crippen molar-refractivity contribution in [2.24, 2.45) is 11.7 Å². The molecular weight excluding hydrogens is 361 g/mol. The zero-order valence-corrected chi connectivity index (χ0v) is 16.2. The van der Waals surface area contributed by atoms with E-state index < -0.39 is 13.4 Å². The van der Waals surface area contributed by atoms with Gasteiger partial charge in [0.15, 0.2) is 0 Å². The van der Waals surface area contributed by atoms with E-state index in [-0.39, 0.29) is 6.04 Å². The molecule has 0 saturated heterocycles. The minimum atomic E-state index is -3.89. The fourth-order valence-corrected chi connectivity index (χ4v) is 6.04. The molecule has 5 nitrogen and oxygen atoms in total. The van der Waals surface area contributed by atoms with Gasteiger partial charge in [-0.1, -0.05) is 49.2 Å². The van der Waals surface area contributed by atoms with Crippen LogP contribution >= 0.6 is 7.82 Å². The van der Waals surface area contributed by atoms with Crippen LogP contribution in [-0.2, 0) is 9.09 Å². The van der Waals surface area contributed by atoms with Crippen LogP contribution in [0, 0.1) is 5.92 Å². The largest absolute Gasteiger partial charge is 0.588 e. The van der Waals surface area contributed by atoms with Gasteiger partial charge in [0.25, 0.3) is 0 Å². The van der Waals surface area contributed by atoms with Crippen molar-refractivity contribution in [3.05, 3.63) is 60.7 Å². The second-order valence-electron chi connectivity index (χ2n) is 7.69. The van der Waals surface area contributed by atoms with Gasteiger partial charge in [-0.3, -0.25) is 4.52 Å².